The molecule has 22 heavy (non-hydrogen) atoms. The maximum atomic E-state index is 4.82. The summed E-state index contributed by atoms with van der Waals surface area (Å²) in [5, 5.41) is 0. The van der Waals surface area contributed by atoms with Crippen LogP contribution in [0.15, 0.2) is 103 Å². The summed E-state index contributed by atoms with van der Waals surface area (Å²) >= 11 is 0. The van der Waals surface area contributed by atoms with Crippen LogP contribution in [0.1, 0.15) is 11.1 Å². The van der Waals surface area contributed by atoms with E-state index in [0.717, 1.165) is 28.1 Å². The highest BCUT2D eigenvalue weighted by Gasteiger charge is 2.10. The molecule has 0 aliphatic rings. The number of allylic oxidation sites excluding steroid dienone is 1. The van der Waals surface area contributed by atoms with Gasteiger partial charge in [-0.3, -0.25) is 0 Å². The summed E-state index contributed by atoms with van der Waals surface area (Å²) in [6, 6.07) is 30.3. The minimum Gasteiger partial charge on any atom is -0.248 e. The third kappa shape index (κ3) is 3.21. The highest BCUT2D eigenvalue weighted by atomic mass is 14.7. The molecule has 0 N–H and O–H groups in total. The predicted octanol–water partition coefficient (Wildman–Crippen LogP) is 5.52. The monoisotopic (exact) mass is 283 g/mol. The van der Waals surface area contributed by atoms with E-state index in [2.05, 4.69) is 30.8 Å². The molecule has 0 saturated carbocycles. The van der Waals surface area contributed by atoms with E-state index in [0.29, 0.717) is 0 Å². The lowest BCUT2D eigenvalue weighted by Gasteiger charge is -2.11. The highest BCUT2D eigenvalue weighted by Crippen LogP contribution is 2.22. The molecule has 3 rings (SSSR count). The Morgan fingerprint density at radius 1 is 0.591 bits per heavy atom. The fourth-order valence-electron chi connectivity index (χ4n) is 2.31. The minimum atomic E-state index is 0.901. The Bertz CT molecular complexity index is 772. The van der Waals surface area contributed by atoms with Gasteiger partial charge in [0.2, 0.25) is 0 Å². The quantitative estimate of drug-likeness (QED) is 0.559. The van der Waals surface area contributed by atoms with E-state index >= 15 is 0 Å². The van der Waals surface area contributed by atoms with Crippen LogP contribution in [-0.2, 0) is 0 Å². The van der Waals surface area contributed by atoms with E-state index in [9.17, 15) is 0 Å². The highest BCUT2D eigenvalue weighted by molar-refractivity contribution is 6.31. The summed E-state index contributed by atoms with van der Waals surface area (Å²) < 4.78 is 0. The lowest BCUT2D eigenvalue weighted by Crippen LogP contribution is -2.03. The van der Waals surface area contributed by atoms with E-state index in [1.807, 2.05) is 66.7 Å². The van der Waals surface area contributed by atoms with Gasteiger partial charge >= 0.3 is 0 Å². The smallest absolute Gasteiger partial charge is 0.0781 e. The lowest BCUT2D eigenvalue weighted by atomic mass is 9.97. The van der Waals surface area contributed by atoms with Gasteiger partial charge in [0.15, 0.2) is 0 Å². The maximum Gasteiger partial charge on any atom is 0.0781 e. The summed E-state index contributed by atoms with van der Waals surface area (Å²) in [5.74, 6) is 0. The van der Waals surface area contributed by atoms with Crippen molar-refractivity contribution in [2.75, 3.05) is 0 Å². The summed E-state index contributed by atoms with van der Waals surface area (Å²) in [4.78, 5) is 4.82. The number of para-hydroxylation sites is 1. The zero-order chi connectivity index (χ0) is 15.2. The number of hydrogen-bond acceptors (Lipinski definition) is 1. The molecule has 106 valence electrons. The van der Waals surface area contributed by atoms with Crippen LogP contribution in [0.25, 0.3) is 5.57 Å². The third-order valence-electron chi connectivity index (χ3n) is 3.45. The SMILES string of the molecule is C=C(C(=Nc1ccccc1)c1ccccc1)c1ccccc1. The van der Waals surface area contributed by atoms with E-state index in [1.165, 1.54) is 0 Å². The molecular weight excluding hydrogens is 266 g/mol. The molecule has 0 spiro atoms. The molecule has 0 unspecified atom stereocenters. The summed E-state index contributed by atoms with van der Waals surface area (Å²) in [6.07, 6.45) is 0. The van der Waals surface area contributed by atoms with Crippen molar-refractivity contribution < 1.29 is 0 Å². The van der Waals surface area contributed by atoms with Crippen molar-refractivity contribution in [1.29, 1.82) is 0 Å². The standard InChI is InChI=1S/C21H17N/c1-17(18-11-5-2-6-12-18)21(19-13-7-3-8-14-19)22-20-15-9-4-10-16-20/h2-16H,1H2. The van der Waals surface area contributed by atoms with Crippen molar-refractivity contribution >= 4 is 17.0 Å². The molecule has 0 atom stereocenters. The van der Waals surface area contributed by atoms with E-state index in [1.54, 1.807) is 0 Å². The first-order valence-corrected chi connectivity index (χ1v) is 7.28. The first kappa shape index (κ1) is 14.0. The Balaban J connectivity index is 2.08. The number of benzene rings is 3. The molecule has 3 aromatic carbocycles. The average molecular weight is 283 g/mol. The second-order valence-electron chi connectivity index (χ2n) is 5.01. The molecular formula is C21H17N. The number of rotatable bonds is 4. The van der Waals surface area contributed by atoms with Gasteiger partial charge in [-0.15, -0.1) is 0 Å². The predicted molar refractivity (Wildman–Crippen MR) is 94.6 cm³/mol. The average Bonchev–Trinajstić information content (AvgIpc) is 2.61. The molecule has 0 amide bonds. The van der Waals surface area contributed by atoms with E-state index in [-0.39, 0.29) is 0 Å². The Morgan fingerprint density at radius 3 is 1.59 bits per heavy atom. The molecule has 3 aromatic rings. The fourth-order valence-corrected chi connectivity index (χ4v) is 2.31. The van der Waals surface area contributed by atoms with Crippen molar-refractivity contribution in [3.63, 3.8) is 0 Å². The Labute approximate surface area is 131 Å². The van der Waals surface area contributed by atoms with Gasteiger partial charge in [0, 0.05) is 11.1 Å². The largest absolute Gasteiger partial charge is 0.248 e. The topological polar surface area (TPSA) is 12.4 Å². The van der Waals surface area contributed by atoms with Gasteiger partial charge in [0.1, 0.15) is 0 Å². The van der Waals surface area contributed by atoms with Crippen molar-refractivity contribution in [3.8, 4) is 0 Å². The van der Waals surface area contributed by atoms with E-state index < -0.39 is 0 Å². The van der Waals surface area contributed by atoms with Crippen molar-refractivity contribution in [2.24, 2.45) is 4.99 Å². The number of aliphatic imine (C=N–C) groups is 1. The Hall–Kier alpha value is -2.93. The lowest BCUT2D eigenvalue weighted by molar-refractivity contribution is 1.50. The van der Waals surface area contributed by atoms with Crippen molar-refractivity contribution in [2.45, 2.75) is 0 Å². The van der Waals surface area contributed by atoms with Crippen LogP contribution in [-0.4, -0.2) is 5.71 Å². The van der Waals surface area contributed by atoms with Gasteiger partial charge in [0.25, 0.3) is 0 Å². The zero-order valence-corrected chi connectivity index (χ0v) is 12.3. The first-order valence-electron chi connectivity index (χ1n) is 7.28. The molecule has 1 nitrogen and oxygen atoms in total. The summed E-state index contributed by atoms with van der Waals surface area (Å²) in [5.41, 5.74) is 4.91. The van der Waals surface area contributed by atoms with Crippen LogP contribution in [0, 0.1) is 0 Å². The van der Waals surface area contributed by atoms with Gasteiger partial charge in [-0.05, 0) is 17.7 Å². The Kier molecular flexibility index (Phi) is 4.26. The van der Waals surface area contributed by atoms with Crippen molar-refractivity contribution in [3.05, 3.63) is 109 Å². The third-order valence-corrected chi connectivity index (χ3v) is 3.45. The normalized spacial score (nSPS) is 11.2. The first-order chi connectivity index (χ1) is 10.8. The molecule has 1 heteroatoms. The van der Waals surface area contributed by atoms with Crippen LogP contribution in [0.5, 0.6) is 0 Å². The molecule has 0 saturated heterocycles. The van der Waals surface area contributed by atoms with Gasteiger partial charge in [-0.1, -0.05) is 85.4 Å². The molecule has 0 bridgehead atoms. The van der Waals surface area contributed by atoms with Crippen LogP contribution in [0.4, 0.5) is 5.69 Å². The van der Waals surface area contributed by atoms with Crippen LogP contribution < -0.4 is 0 Å². The molecule has 0 aromatic heterocycles. The van der Waals surface area contributed by atoms with E-state index in [4.69, 9.17) is 4.99 Å². The minimum absolute atomic E-state index is 0.901. The van der Waals surface area contributed by atoms with Gasteiger partial charge in [0.05, 0.1) is 11.4 Å². The number of nitrogens with zero attached hydrogens (tertiary/aromatic N) is 1. The molecule has 0 aliphatic carbocycles. The molecule has 0 fully saturated rings. The van der Waals surface area contributed by atoms with Crippen LogP contribution >= 0.6 is 0 Å². The summed E-state index contributed by atoms with van der Waals surface area (Å²) in [7, 11) is 0. The van der Waals surface area contributed by atoms with Crippen molar-refractivity contribution in [1.82, 2.24) is 0 Å². The van der Waals surface area contributed by atoms with Crippen LogP contribution in [0.3, 0.4) is 0 Å². The van der Waals surface area contributed by atoms with Gasteiger partial charge in [-0.2, -0.15) is 0 Å². The molecule has 0 aliphatic heterocycles. The maximum absolute atomic E-state index is 4.82. The molecule has 0 heterocycles. The Morgan fingerprint density at radius 2 is 1.05 bits per heavy atom. The molecule has 0 radical (unpaired) electrons. The zero-order valence-electron chi connectivity index (χ0n) is 12.3. The van der Waals surface area contributed by atoms with Gasteiger partial charge < -0.3 is 0 Å². The second kappa shape index (κ2) is 6.68. The summed E-state index contributed by atoms with van der Waals surface area (Å²) in [6.45, 7) is 4.27. The fraction of sp³-hybridized carbons (Fsp3) is 0. The van der Waals surface area contributed by atoms with Gasteiger partial charge in [-0.25, -0.2) is 4.99 Å². The second-order valence-corrected chi connectivity index (χ2v) is 5.01. The van der Waals surface area contributed by atoms with Crippen LogP contribution in [0.2, 0.25) is 0 Å². The number of hydrogen-bond donors (Lipinski definition) is 0.